The zero-order chi connectivity index (χ0) is 16.7. The van der Waals surface area contributed by atoms with Crippen molar-refractivity contribution < 1.29 is 14.3 Å². The van der Waals surface area contributed by atoms with E-state index >= 15 is 0 Å². The molecule has 4 nitrogen and oxygen atoms in total. The molecule has 0 aromatic heterocycles. The Balaban J connectivity index is 2.08. The second-order valence-electron chi connectivity index (χ2n) is 4.76. The quantitative estimate of drug-likeness (QED) is 0.676. The molecule has 0 bridgehead atoms. The number of halogens is 1. The van der Waals surface area contributed by atoms with Crippen molar-refractivity contribution in [1.82, 2.24) is 5.32 Å². The van der Waals surface area contributed by atoms with Crippen molar-refractivity contribution in [1.29, 1.82) is 0 Å². The summed E-state index contributed by atoms with van der Waals surface area (Å²) in [6.07, 6.45) is 3.01. The number of rotatable bonds is 5. The number of nitrogens with one attached hydrogen (secondary N) is 1. The van der Waals surface area contributed by atoms with Gasteiger partial charge in [0.1, 0.15) is 0 Å². The fourth-order valence-corrected chi connectivity index (χ4v) is 2.10. The second kappa shape index (κ2) is 8.15. The Morgan fingerprint density at radius 3 is 2.35 bits per heavy atom. The first kappa shape index (κ1) is 16.8. The van der Waals surface area contributed by atoms with Crippen LogP contribution in [-0.4, -0.2) is 19.0 Å². The lowest BCUT2D eigenvalue weighted by molar-refractivity contribution is -0.144. The van der Waals surface area contributed by atoms with Gasteiger partial charge < -0.3 is 10.1 Å². The van der Waals surface area contributed by atoms with E-state index in [1.807, 2.05) is 6.07 Å². The van der Waals surface area contributed by atoms with E-state index in [-0.39, 0.29) is 5.91 Å². The van der Waals surface area contributed by atoms with Crippen LogP contribution in [0.5, 0.6) is 0 Å². The second-order valence-corrected chi connectivity index (χ2v) is 5.20. The van der Waals surface area contributed by atoms with Crippen molar-refractivity contribution in [2.45, 2.75) is 6.04 Å². The molecule has 1 atom stereocenters. The molecule has 0 radical (unpaired) electrons. The maximum Gasteiger partial charge on any atom is 0.333 e. The third-order valence-corrected chi connectivity index (χ3v) is 3.41. The van der Waals surface area contributed by atoms with Crippen LogP contribution in [0.25, 0.3) is 6.08 Å². The van der Waals surface area contributed by atoms with Gasteiger partial charge >= 0.3 is 5.97 Å². The Kier molecular flexibility index (Phi) is 5.94. The van der Waals surface area contributed by atoms with E-state index in [9.17, 15) is 9.59 Å². The molecule has 0 aliphatic carbocycles. The molecular weight excluding hydrogens is 314 g/mol. The number of methoxy groups -OCH3 is 1. The van der Waals surface area contributed by atoms with Crippen molar-refractivity contribution in [3.8, 4) is 0 Å². The van der Waals surface area contributed by atoms with E-state index < -0.39 is 12.0 Å². The number of benzene rings is 2. The molecule has 1 unspecified atom stereocenters. The monoisotopic (exact) mass is 329 g/mol. The molecule has 0 spiro atoms. The van der Waals surface area contributed by atoms with Crippen LogP contribution in [0, 0.1) is 0 Å². The van der Waals surface area contributed by atoms with Gasteiger partial charge in [0, 0.05) is 11.1 Å². The van der Waals surface area contributed by atoms with Gasteiger partial charge in [-0.25, -0.2) is 4.79 Å². The lowest BCUT2D eigenvalue weighted by atomic mass is 10.1. The summed E-state index contributed by atoms with van der Waals surface area (Å²) in [7, 11) is 1.29. The summed E-state index contributed by atoms with van der Waals surface area (Å²) in [6, 6.07) is 15.1. The molecule has 2 aromatic rings. The summed E-state index contributed by atoms with van der Waals surface area (Å²) in [5, 5.41) is 3.27. The van der Waals surface area contributed by atoms with Crippen molar-refractivity contribution in [3.05, 3.63) is 76.8 Å². The highest BCUT2D eigenvalue weighted by atomic mass is 35.5. The number of carbonyl (C=O) groups is 2. The van der Waals surface area contributed by atoms with E-state index in [1.165, 1.54) is 13.2 Å². The summed E-state index contributed by atoms with van der Waals surface area (Å²) in [5.74, 6) is -0.913. The largest absolute Gasteiger partial charge is 0.467 e. The van der Waals surface area contributed by atoms with E-state index in [0.717, 1.165) is 5.56 Å². The number of hydrogen-bond donors (Lipinski definition) is 1. The minimum absolute atomic E-state index is 0.390. The standard InChI is InChI=1S/C18H16ClNO3/c1-23-18(22)17(14-5-3-2-4-6-14)20-16(21)12-9-13-7-10-15(19)11-8-13/h2-12,17H,1H3,(H,20,21). The summed E-state index contributed by atoms with van der Waals surface area (Å²) in [6.45, 7) is 0. The van der Waals surface area contributed by atoms with Crippen LogP contribution in [0.3, 0.4) is 0 Å². The highest BCUT2D eigenvalue weighted by Gasteiger charge is 2.22. The van der Waals surface area contributed by atoms with E-state index in [2.05, 4.69) is 5.32 Å². The first-order valence-corrected chi connectivity index (χ1v) is 7.35. The summed E-state index contributed by atoms with van der Waals surface area (Å²) in [5.41, 5.74) is 1.49. The Morgan fingerprint density at radius 2 is 1.74 bits per heavy atom. The van der Waals surface area contributed by atoms with E-state index in [4.69, 9.17) is 16.3 Å². The minimum Gasteiger partial charge on any atom is -0.467 e. The normalized spacial score (nSPS) is 11.9. The van der Waals surface area contributed by atoms with Crippen LogP contribution in [0.15, 0.2) is 60.7 Å². The molecule has 1 amide bonds. The van der Waals surface area contributed by atoms with Crippen LogP contribution < -0.4 is 5.32 Å². The minimum atomic E-state index is -0.844. The molecule has 23 heavy (non-hydrogen) atoms. The highest BCUT2D eigenvalue weighted by Crippen LogP contribution is 2.14. The highest BCUT2D eigenvalue weighted by molar-refractivity contribution is 6.30. The van der Waals surface area contributed by atoms with Gasteiger partial charge in [-0.1, -0.05) is 54.1 Å². The number of carbonyl (C=O) groups excluding carboxylic acids is 2. The maximum absolute atomic E-state index is 12.1. The Labute approximate surface area is 139 Å². The fraction of sp³-hybridized carbons (Fsp3) is 0.111. The van der Waals surface area contributed by atoms with Gasteiger partial charge in [0.15, 0.2) is 6.04 Å². The predicted octanol–water partition coefficient (Wildman–Crippen LogP) is 3.38. The van der Waals surface area contributed by atoms with E-state index in [0.29, 0.717) is 10.6 Å². The van der Waals surface area contributed by atoms with Gasteiger partial charge in [-0.05, 0) is 29.3 Å². The number of hydrogen-bond acceptors (Lipinski definition) is 3. The molecule has 2 aromatic carbocycles. The molecule has 0 saturated carbocycles. The number of ether oxygens (including phenoxy) is 1. The van der Waals surface area contributed by atoms with Gasteiger partial charge in [-0.2, -0.15) is 0 Å². The fourth-order valence-electron chi connectivity index (χ4n) is 1.98. The van der Waals surface area contributed by atoms with E-state index in [1.54, 1.807) is 54.6 Å². The smallest absolute Gasteiger partial charge is 0.333 e. The first-order chi connectivity index (χ1) is 11.1. The molecule has 5 heteroatoms. The first-order valence-electron chi connectivity index (χ1n) is 6.97. The summed E-state index contributed by atoms with van der Waals surface area (Å²) >= 11 is 5.81. The number of amides is 1. The SMILES string of the molecule is COC(=O)C(NC(=O)C=Cc1ccc(Cl)cc1)c1ccccc1. The lowest BCUT2D eigenvalue weighted by Crippen LogP contribution is -2.33. The van der Waals surface area contributed by atoms with Gasteiger partial charge in [0.25, 0.3) is 0 Å². The van der Waals surface area contributed by atoms with Gasteiger partial charge in [-0.15, -0.1) is 0 Å². The lowest BCUT2D eigenvalue weighted by Gasteiger charge is -2.15. The Hall–Kier alpha value is -2.59. The van der Waals surface area contributed by atoms with Crippen molar-refractivity contribution in [2.24, 2.45) is 0 Å². The zero-order valence-corrected chi connectivity index (χ0v) is 13.3. The van der Waals surface area contributed by atoms with Crippen LogP contribution in [-0.2, 0) is 14.3 Å². The third-order valence-electron chi connectivity index (χ3n) is 3.15. The molecule has 0 heterocycles. The molecule has 0 fully saturated rings. The molecule has 0 aliphatic rings. The topological polar surface area (TPSA) is 55.4 Å². The molecule has 2 rings (SSSR count). The Morgan fingerprint density at radius 1 is 1.09 bits per heavy atom. The number of esters is 1. The van der Waals surface area contributed by atoms with Crippen LogP contribution in [0.2, 0.25) is 5.02 Å². The summed E-state index contributed by atoms with van der Waals surface area (Å²) < 4.78 is 4.75. The summed E-state index contributed by atoms with van der Waals surface area (Å²) in [4.78, 5) is 23.9. The molecule has 1 N–H and O–H groups in total. The molecule has 0 saturated heterocycles. The van der Waals surface area contributed by atoms with Gasteiger partial charge in [0.05, 0.1) is 7.11 Å². The van der Waals surface area contributed by atoms with Crippen molar-refractivity contribution in [3.63, 3.8) is 0 Å². The van der Waals surface area contributed by atoms with Crippen molar-refractivity contribution in [2.75, 3.05) is 7.11 Å². The van der Waals surface area contributed by atoms with Crippen molar-refractivity contribution >= 4 is 29.6 Å². The van der Waals surface area contributed by atoms with Crippen LogP contribution in [0.1, 0.15) is 17.2 Å². The van der Waals surface area contributed by atoms with Gasteiger partial charge in [0.2, 0.25) is 5.91 Å². The van der Waals surface area contributed by atoms with Crippen LogP contribution >= 0.6 is 11.6 Å². The average Bonchev–Trinajstić information content (AvgIpc) is 2.59. The Bertz CT molecular complexity index is 696. The molecular formula is C18H16ClNO3. The molecule has 0 aliphatic heterocycles. The predicted molar refractivity (Wildman–Crippen MR) is 89.8 cm³/mol. The zero-order valence-electron chi connectivity index (χ0n) is 12.5. The van der Waals surface area contributed by atoms with Crippen LogP contribution in [0.4, 0.5) is 0 Å². The average molecular weight is 330 g/mol. The maximum atomic E-state index is 12.1. The third kappa shape index (κ3) is 4.97. The van der Waals surface area contributed by atoms with Gasteiger partial charge in [-0.3, -0.25) is 4.79 Å². The molecule has 118 valence electrons.